The van der Waals surface area contributed by atoms with Crippen LogP contribution < -0.4 is 11.5 Å². The van der Waals surface area contributed by atoms with Gasteiger partial charge in [0.1, 0.15) is 0 Å². The second kappa shape index (κ2) is 7.30. The number of hydrogen-bond donors (Lipinski definition) is 2. The Labute approximate surface area is 87.4 Å². The third kappa shape index (κ3) is 5.51. The Bertz CT molecular complexity index is 197. The molecule has 0 amide bonds. The Hall–Kier alpha value is -1.12. The summed E-state index contributed by atoms with van der Waals surface area (Å²) in [4.78, 5) is 2.18. The van der Waals surface area contributed by atoms with Crippen molar-refractivity contribution in [3.63, 3.8) is 0 Å². The van der Waals surface area contributed by atoms with Gasteiger partial charge < -0.3 is 16.4 Å². The molecule has 0 aromatic carbocycles. The summed E-state index contributed by atoms with van der Waals surface area (Å²) >= 11 is 0. The smallest absolute Gasteiger partial charge is 0.0986 e. The van der Waals surface area contributed by atoms with Crippen molar-refractivity contribution in [1.29, 1.82) is 0 Å². The molecule has 14 heavy (non-hydrogen) atoms. The molecular weight excluding hydrogens is 174 g/mol. The molecule has 0 aromatic heterocycles. The Balaban J connectivity index is 4.33. The number of rotatable bonds is 6. The van der Waals surface area contributed by atoms with E-state index in [1.54, 1.807) is 0 Å². The van der Waals surface area contributed by atoms with Crippen LogP contribution in [0.4, 0.5) is 0 Å². The molecule has 4 N–H and O–H groups in total. The summed E-state index contributed by atoms with van der Waals surface area (Å²) in [5, 5.41) is 0. The van der Waals surface area contributed by atoms with E-state index in [0.29, 0.717) is 0 Å². The summed E-state index contributed by atoms with van der Waals surface area (Å²) in [5.41, 5.74) is 12.2. The third-order valence-electron chi connectivity index (χ3n) is 1.87. The number of nitrogens with zero attached hydrogens (tertiary/aromatic N) is 1. The molecule has 0 saturated carbocycles. The fourth-order valence-corrected chi connectivity index (χ4v) is 1.23. The SMILES string of the molecule is CCCN(CCC)/C(N)=C/C=C(/C)N. The zero-order valence-corrected chi connectivity index (χ0v) is 9.59. The van der Waals surface area contributed by atoms with E-state index in [4.69, 9.17) is 11.5 Å². The normalized spacial score (nSPS) is 13.1. The molecule has 0 aromatic rings. The highest BCUT2D eigenvalue weighted by molar-refractivity contribution is 5.12. The molecule has 3 nitrogen and oxygen atoms in total. The maximum atomic E-state index is 5.93. The van der Waals surface area contributed by atoms with E-state index in [-0.39, 0.29) is 0 Å². The van der Waals surface area contributed by atoms with Crippen molar-refractivity contribution >= 4 is 0 Å². The Kier molecular flexibility index (Phi) is 6.72. The topological polar surface area (TPSA) is 55.3 Å². The first-order chi connectivity index (χ1) is 6.61. The number of allylic oxidation sites excluding steroid dienone is 3. The van der Waals surface area contributed by atoms with Crippen LogP contribution in [0.3, 0.4) is 0 Å². The number of nitrogens with two attached hydrogens (primary N) is 2. The molecule has 82 valence electrons. The van der Waals surface area contributed by atoms with Crippen LogP contribution in [0.5, 0.6) is 0 Å². The van der Waals surface area contributed by atoms with E-state index in [2.05, 4.69) is 18.7 Å². The van der Waals surface area contributed by atoms with E-state index >= 15 is 0 Å². The van der Waals surface area contributed by atoms with Crippen LogP contribution in [-0.4, -0.2) is 18.0 Å². The van der Waals surface area contributed by atoms with Crippen LogP contribution >= 0.6 is 0 Å². The van der Waals surface area contributed by atoms with Crippen LogP contribution in [0.15, 0.2) is 23.7 Å². The zero-order chi connectivity index (χ0) is 11.0. The Morgan fingerprint density at radius 2 is 1.57 bits per heavy atom. The van der Waals surface area contributed by atoms with Gasteiger partial charge in [-0.25, -0.2) is 0 Å². The first-order valence-electron chi connectivity index (χ1n) is 5.26. The van der Waals surface area contributed by atoms with Crippen LogP contribution in [-0.2, 0) is 0 Å². The quantitative estimate of drug-likeness (QED) is 0.638. The fourth-order valence-electron chi connectivity index (χ4n) is 1.23. The summed E-state index contributed by atoms with van der Waals surface area (Å²) in [7, 11) is 0. The lowest BCUT2D eigenvalue weighted by atomic mass is 10.3. The van der Waals surface area contributed by atoms with Gasteiger partial charge in [0.2, 0.25) is 0 Å². The first-order valence-corrected chi connectivity index (χ1v) is 5.26. The minimum absolute atomic E-state index is 0.779. The molecule has 0 rings (SSSR count). The molecule has 0 spiro atoms. The van der Waals surface area contributed by atoms with E-state index in [1.165, 1.54) is 0 Å². The van der Waals surface area contributed by atoms with Gasteiger partial charge in [0.05, 0.1) is 5.82 Å². The van der Waals surface area contributed by atoms with E-state index in [1.807, 2.05) is 19.1 Å². The maximum Gasteiger partial charge on any atom is 0.0986 e. The summed E-state index contributed by atoms with van der Waals surface area (Å²) in [6, 6.07) is 0. The molecule has 0 aliphatic heterocycles. The summed E-state index contributed by atoms with van der Waals surface area (Å²) in [5.74, 6) is 0.804. The molecule has 0 bridgehead atoms. The molecule has 3 heteroatoms. The van der Waals surface area contributed by atoms with Gasteiger partial charge in [0.15, 0.2) is 0 Å². The van der Waals surface area contributed by atoms with Crippen molar-refractivity contribution in [1.82, 2.24) is 4.90 Å². The molecule has 0 unspecified atom stereocenters. The average molecular weight is 197 g/mol. The molecule has 0 radical (unpaired) electrons. The highest BCUT2D eigenvalue weighted by atomic mass is 15.2. The molecule has 0 aliphatic carbocycles. The van der Waals surface area contributed by atoms with Gasteiger partial charge >= 0.3 is 0 Å². The van der Waals surface area contributed by atoms with Crippen LogP contribution in [0.2, 0.25) is 0 Å². The Morgan fingerprint density at radius 1 is 1.07 bits per heavy atom. The average Bonchev–Trinajstić information content (AvgIpc) is 2.14. The zero-order valence-electron chi connectivity index (χ0n) is 9.59. The second-order valence-corrected chi connectivity index (χ2v) is 3.49. The van der Waals surface area contributed by atoms with E-state index in [0.717, 1.165) is 37.4 Å². The first kappa shape index (κ1) is 12.9. The molecule has 0 heterocycles. The maximum absolute atomic E-state index is 5.93. The lowest BCUT2D eigenvalue weighted by Gasteiger charge is -2.23. The molecule has 0 fully saturated rings. The third-order valence-corrected chi connectivity index (χ3v) is 1.87. The summed E-state index contributed by atoms with van der Waals surface area (Å²) in [6.45, 7) is 8.18. The van der Waals surface area contributed by atoms with Crippen molar-refractivity contribution in [2.45, 2.75) is 33.6 Å². The van der Waals surface area contributed by atoms with Crippen molar-refractivity contribution < 1.29 is 0 Å². The van der Waals surface area contributed by atoms with Gasteiger partial charge in [-0.05, 0) is 31.9 Å². The van der Waals surface area contributed by atoms with E-state index in [9.17, 15) is 0 Å². The lowest BCUT2D eigenvalue weighted by molar-refractivity contribution is 0.341. The number of hydrogen-bond acceptors (Lipinski definition) is 3. The minimum Gasteiger partial charge on any atom is -0.402 e. The minimum atomic E-state index is 0.779. The highest BCUT2D eigenvalue weighted by Gasteiger charge is 2.01. The van der Waals surface area contributed by atoms with Crippen LogP contribution in [0, 0.1) is 0 Å². The molecule has 0 atom stereocenters. The van der Waals surface area contributed by atoms with Gasteiger partial charge in [0, 0.05) is 18.8 Å². The van der Waals surface area contributed by atoms with Gasteiger partial charge in [-0.2, -0.15) is 0 Å². The summed E-state index contributed by atoms with van der Waals surface area (Å²) in [6.07, 6.45) is 5.94. The predicted octanol–water partition coefficient (Wildman–Crippen LogP) is 1.77. The van der Waals surface area contributed by atoms with Gasteiger partial charge in [0.25, 0.3) is 0 Å². The largest absolute Gasteiger partial charge is 0.402 e. The molecule has 0 saturated heterocycles. The van der Waals surface area contributed by atoms with Crippen LogP contribution in [0.1, 0.15) is 33.6 Å². The lowest BCUT2D eigenvalue weighted by Crippen LogP contribution is -2.29. The fraction of sp³-hybridized carbons (Fsp3) is 0.636. The Morgan fingerprint density at radius 3 is 1.93 bits per heavy atom. The molecule has 0 aliphatic rings. The predicted molar refractivity (Wildman–Crippen MR) is 62.4 cm³/mol. The van der Waals surface area contributed by atoms with Crippen molar-refractivity contribution in [2.24, 2.45) is 11.5 Å². The van der Waals surface area contributed by atoms with Gasteiger partial charge in [-0.3, -0.25) is 0 Å². The summed E-state index contributed by atoms with van der Waals surface area (Å²) < 4.78 is 0. The van der Waals surface area contributed by atoms with Crippen molar-refractivity contribution in [3.8, 4) is 0 Å². The standard InChI is InChI=1S/C11H23N3/c1-4-8-14(9-5-2)11(13)7-6-10(3)12/h6-7H,4-5,8-9,12-13H2,1-3H3/b10-6-,11-7+. The highest BCUT2D eigenvalue weighted by Crippen LogP contribution is 2.01. The van der Waals surface area contributed by atoms with Crippen LogP contribution in [0.25, 0.3) is 0 Å². The van der Waals surface area contributed by atoms with Crippen molar-refractivity contribution in [2.75, 3.05) is 13.1 Å². The van der Waals surface area contributed by atoms with Crippen molar-refractivity contribution in [3.05, 3.63) is 23.7 Å². The van der Waals surface area contributed by atoms with Gasteiger partial charge in [-0.15, -0.1) is 0 Å². The molecular formula is C11H23N3. The second-order valence-electron chi connectivity index (χ2n) is 3.49. The van der Waals surface area contributed by atoms with Gasteiger partial charge in [-0.1, -0.05) is 13.8 Å². The monoisotopic (exact) mass is 197 g/mol. The van der Waals surface area contributed by atoms with E-state index < -0.39 is 0 Å².